The van der Waals surface area contributed by atoms with Crippen LogP contribution < -0.4 is 0 Å². The van der Waals surface area contributed by atoms with Crippen LogP contribution >= 0.6 is 0 Å². The van der Waals surface area contributed by atoms with E-state index in [-0.39, 0.29) is 29.9 Å². The Balaban J connectivity index is 1.42. The molecule has 1 atom stereocenters. The van der Waals surface area contributed by atoms with Gasteiger partial charge in [0.2, 0.25) is 0 Å². The lowest BCUT2D eigenvalue weighted by molar-refractivity contribution is -0.143. The molecule has 0 saturated carbocycles. The zero-order chi connectivity index (χ0) is 29.8. The Hall–Kier alpha value is -2.39. The Kier molecular flexibility index (Phi) is 10.2. The van der Waals surface area contributed by atoms with Crippen molar-refractivity contribution < 1.29 is 30.7 Å². The number of halogens is 7. The van der Waals surface area contributed by atoms with E-state index in [1.165, 1.54) is 25.0 Å². The van der Waals surface area contributed by atoms with Crippen LogP contribution in [-0.4, -0.2) is 42.0 Å². The monoisotopic (exact) mass is 584 g/mol. The number of nitrogens with zero attached hydrogens (tertiary/aromatic N) is 2. The second-order valence-electron chi connectivity index (χ2n) is 11.8. The molecule has 1 unspecified atom stereocenters. The largest absolute Gasteiger partial charge is 0.416 e. The van der Waals surface area contributed by atoms with Crippen molar-refractivity contribution in [3.8, 4) is 0 Å². The molecule has 2 heterocycles. The van der Waals surface area contributed by atoms with Gasteiger partial charge in [0.25, 0.3) is 0 Å². The molecule has 9 heteroatoms. The van der Waals surface area contributed by atoms with Gasteiger partial charge in [0.1, 0.15) is 5.82 Å². The van der Waals surface area contributed by atoms with Gasteiger partial charge in [-0.2, -0.15) is 26.3 Å². The van der Waals surface area contributed by atoms with E-state index in [0.29, 0.717) is 18.4 Å². The summed E-state index contributed by atoms with van der Waals surface area (Å²) in [5, 5.41) is 0. The van der Waals surface area contributed by atoms with Gasteiger partial charge in [-0.1, -0.05) is 38.1 Å². The summed E-state index contributed by atoms with van der Waals surface area (Å²) in [4.78, 5) is 4.93. The highest BCUT2D eigenvalue weighted by molar-refractivity contribution is 5.34. The molecule has 41 heavy (non-hydrogen) atoms. The minimum atomic E-state index is -4.88. The summed E-state index contributed by atoms with van der Waals surface area (Å²) in [6.07, 6.45) is -1.50. The van der Waals surface area contributed by atoms with Crippen molar-refractivity contribution in [3.63, 3.8) is 0 Å². The number of likely N-dealkylation sites (tertiary alicyclic amines) is 2. The van der Waals surface area contributed by atoms with Gasteiger partial charge in [-0.05, 0) is 105 Å². The zero-order valence-corrected chi connectivity index (χ0v) is 23.6. The first-order valence-electron chi connectivity index (χ1n) is 14.5. The normalized spacial score (nSPS) is 19.9. The van der Waals surface area contributed by atoms with Crippen molar-refractivity contribution in [3.05, 3.63) is 82.7 Å². The van der Waals surface area contributed by atoms with Crippen molar-refractivity contribution in [2.24, 2.45) is 11.8 Å². The lowest BCUT2D eigenvalue weighted by Gasteiger charge is -2.44. The number of benzene rings is 2. The maximum atomic E-state index is 14.1. The minimum Gasteiger partial charge on any atom is -0.300 e. The lowest BCUT2D eigenvalue weighted by atomic mass is 9.85. The molecule has 0 radical (unpaired) electrons. The van der Waals surface area contributed by atoms with Gasteiger partial charge in [0, 0.05) is 25.2 Å². The number of alkyl halides is 6. The molecular formula is C32H39F7N2. The predicted molar refractivity (Wildman–Crippen MR) is 147 cm³/mol. The Bertz CT molecular complexity index is 1120. The lowest BCUT2D eigenvalue weighted by Crippen LogP contribution is -2.48. The molecule has 2 fully saturated rings. The third kappa shape index (κ3) is 8.57. The fraction of sp³-hybridized carbons (Fsp3) is 0.562. The Morgan fingerprint density at radius 2 is 1.41 bits per heavy atom. The summed E-state index contributed by atoms with van der Waals surface area (Å²) in [6, 6.07) is 8.47. The van der Waals surface area contributed by atoms with Crippen molar-refractivity contribution in [1.82, 2.24) is 9.80 Å². The van der Waals surface area contributed by atoms with Crippen molar-refractivity contribution >= 4 is 0 Å². The van der Waals surface area contributed by atoms with Gasteiger partial charge in [-0.3, -0.25) is 4.90 Å². The van der Waals surface area contributed by atoms with E-state index in [9.17, 15) is 30.7 Å². The molecule has 2 saturated heterocycles. The molecule has 0 aromatic heterocycles. The molecule has 2 aromatic carbocycles. The summed E-state index contributed by atoms with van der Waals surface area (Å²) in [5.41, 5.74) is -1.88. The van der Waals surface area contributed by atoms with Crippen LogP contribution in [0.15, 0.2) is 54.6 Å². The minimum absolute atomic E-state index is 0.0623. The summed E-state index contributed by atoms with van der Waals surface area (Å²) in [5.74, 6) is 1.15. The van der Waals surface area contributed by atoms with E-state index in [2.05, 4.69) is 23.6 Å². The molecule has 0 spiro atoms. The topological polar surface area (TPSA) is 6.48 Å². The van der Waals surface area contributed by atoms with E-state index < -0.39 is 23.5 Å². The maximum absolute atomic E-state index is 14.1. The number of allylic oxidation sites excluding steroid dienone is 1. The molecule has 2 nitrogen and oxygen atoms in total. The predicted octanol–water partition coefficient (Wildman–Crippen LogP) is 8.93. The summed E-state index contributed by atoms with van der Waals surface area (Å²) < 4.78 is 93.5. The number of hydrogen-bond acceptors (Lipinski definition) is 2. The molecule has 226 valence electrons. The molecule has 2 aromatic rings. The molecule has 0 bridgehead atoms. The van der Waals surface area contributed by atoms with Crippen LogP contribution in [0.2, 0.25) is 0 Å². The average molecular weight is 585 g/mol. The first kappa shape index (κ1) is 31.5. The van der Waals surface area contributed by atoms with Crippen LogP contribution in [-0.2, 0) is 18.8 Å². The van der Waals surface area contributed by atoms with E-state index in [1.54, 1.807) is 18.2 Å². The molecule has 2 aliphatic rings. The van der Waals surface area contributed by atoms with E-state index in [4.69, 9.17) is 0 Å². The number of rotatable bonds is 8. The first-order chi connectivity index (χ1) is 19.3. The maximum Gasteiger partial charge on any atom is 0.416 e. The fourth-order valence-electron chi connectivity index (χ4n) is 6.31. The molecule has 0 N–H and O–H groups in total. The summed E-state index contributed by atoms with van der Waals surface area (Å²) in [6.45, 7) is 8.50. The highest BCUT2D eigenvalue weighted by Gasteiger charge is 2.37. The van der Waals surface area contributed by atoms with Gasteiger partial charge in [-0.15, -0.1) is 0 Å². The SMILES string of the molecule is CC(C)C1CCN(C2CCN(C(C/C=C/Cc3cc(C(F)(F)F)cc(C(F)(F)F)c3)c3cccc(F)c3)CC2)CC1. The van der Waals surface area contributed by atoms with Crippen LogP contribution in [0.4, 0.5) is 30.7 Å². The third-order valence-corrected chi connectivity index (χ3v) is 8.73. The Morgan fingerprint density at radius 3 is 1.95 bits per heavy atom. The van der Waals surface area contributed by atoms with E-state index in [0.717, 1.165) is 62.6 Å². The highest BCUT2D eigenvalue weighted by atomic mass is 19.4. The number of hydrogen-bond donors (Lipinski definition) is 0. The fourth-order valence-corrected chi connectivity index (χ4v) is 6.31. The highest BCUT2D eigenvalue weighted by Crippen LogP contribution is 2.37. The van der Waals surface area contributed by atoms with Crippen LogP contribution in [0.25, 0.3) is 0 Å². The number of piperidine rings is 2. The quantitative estimate of drug-likeness (QED) is 0.226. The van der Waals surface area contributed by atoms with Crippen molar-refractivity contribution in [2.75, 3.05) is 26.2 Å². The first-order valence-corrected chi connectivity index (χ1v) is 14.5. The second kappa shape index (κ2) is 13.3. The smallest absolute Gasteiger partial charge is 0.300 e. The molecule has 2 aliphatic heterocycles. The molecule has 4 rings (SSSR count). The van der Waals surface area contributed by atoms with Gasteiger partial charge < -0.3 is 4.90 Å². The van der Waals surface area contributed by atoms with Crippen molar-refractivity contribution in [2.45, 2.75) is 76.8 Å². The van der Waals surface area contributed by atoms with Crippen LogP contribution in [0.1, 0.15) is 74.2 Å². The van der Waals surface area contributed by atoms with Crippen molar-refractivity contribution in [1.29, 1.82) is 0 Å². The van der Waals surface area contributed by atoms with Crippen LogP contribution in [0.5, 0.6) is 0 Å². The molecule has 0 aliphatic carbocycles. The van der Waals surface area contributed by atoms with E-state index >= 15 is 0 Å². The summed E-state index contributed by atoms with van der Waals surface area (Å²) in [7, 11) is 0. The summed E-state index contributed by atoms with van der Waals surface area (Å²) >= 11 is 0. The van der Waals surface area contributed by atoms with E-state index in [1.807, 2.05) is 6.07 Å². The Morgan fingerprint density at radius 1 is 0.805 bits per heavy atom. The molecule has 0 amide bonds. The van der Waals surface area contributed by atoms with Crippen LogP contribution in [0.3, 0.4) is 0 Å². The zero-order valence-electron chi connectivity index (χ0n) is 23.6. The van der Waals surface area contributed by atoms with Gasteiger partial charge in [0.05, 0.1) is 11.1 Å². The standard InChI is InChI=1S/C32H39F7N2/c1-22(2)24-10-14-40(15-11-24)29-12-16-41(17-13-29)30(25-7-5-8-28(33)20-25)9-4-3-6-23-18-26(31(34,35)36)21-27(19-23)32(37,38)39/h3-5,7-8,18-22,24,29-30H,6,9-17H2,1-2H3/b4-3+. The van der Waals surface area contributed by atoms with Crippen LogP contribution in [0, 0.1) is 17.7 Å². The molecular weight excluding hydrogens is 545 g/mol. The van der Waals surface area contributed by atoms with Gasteiger partial charge in [0.15, 0.2) is 0 Å². The third-order valence-electron chi connectivity index (χ3n) is 8.73. The average Bonchev–Trinajstić information content (AvgIpc) is 2.92. The van der Waals surface area contributed by atoms with Gasteiger partial charge >= 0.3 is 12.4 Å². The second-order valence-corrected chi connectivity index (χ2v) is 11.8. The Labute approximate surface area is 238 Å². The van der Waals surface area contributed by atoms with Gasteiger partial charge in [-0.25, -0.2) is 4.39 Å².